The molecule has 38 heavy (non-hydrogen) atoms. The summed E-state index contributed by atoms with van der Waals surface area (Å²) < 4.78 is 219. The molecular weight excluding hydrogens is 589 g/mol. The van der Waals surface area contributed by atoms with Crippen molar-refractivity contribution in [3.05, 3.63) is 87.3 Å². The van der Waals surface area contributed by atoms with E-state index in [0.29, 0.717) is 0 Å². The lowest BCUT2D eigenvalue weighted by atomic mass is 10.3. The van der Waals surface area contributed by atoms with Crippen molar-refractivity contribution < 1.29 is 79.1 Å². The van der Waals surface area contributed by atoms with Crippen LogP contribution in [0.4, 0.5) is 65.9 Å². The molecule has 0 saturated heterocycles. The average molecular weight is 592 g/mol. The van der Waals surface area contributed by atoms with Crippen LogP contribution in [0.5, 0.6) is 17.2 Å². The minimum Gasteiger partial charge on any atom is -0.478 e. The van der Waals surface area contributed by atoms with Crippen molar-refractivity contribution in [2.45, 2.75) is 6.55 Å². The molecule has 0 amide bonds. The lowest BCUT2D eigenvalue weighted by Gasteiger charge is -2.28. The molecule has 0 atom stereocenters. The van der Waals surface area contributed by atoms with E-state index in [2.05, 4.69) is 13.3 Å². The second kappa shape index (κ2) is 9.84. The number of rotatable bonds is 6. The van der Waals surface area contributed by atoms with Gasteiger partial charge in [-0.05, 0) is 0 Å². The molecule has 0 saturated carbocycles. The largest absolute Gasteiger partial charge is 0.696 e. The van der Waals surface area contributed by atoms with Crippen molar-refractivity contribution in [3.8, 4) is 17.2 Å². The monoisotopic (exact) mass is 592 g/mol. The summed E-state index contributed by atoms with van der Waals surface area (Å²) in [7, 11) is -6.16. The van der Waals surface area contributed by atoms with Crippen LogP contribution in [0.15, 0.2) is 0 Å². The Morgan fingerprint density at radius 1 is 0.289 bits per heavy atom. The third-order valence-electron chi connectivity index (χ3n) is 4.37. The van der Waals surface area contributed by atoms with E-state index in [9.17, 15) is 65.9 Å². The van der Waals surface area contributed by atoms with Gasteiger partial charge in [-0.1, -0.05) is 0 Å². The van der Waals surface area contributed by atoms with Gasteiger partial charge >= 0.3 is 8.80 Å². The van der Waals surface area contributed by atoms with Crippen LogP contribution in [-0.4, -0.2) is 8.80 Å². The quantitative estimate of drug-likeness (QED) is 0.135. The van der Waals surface area contributed by atoms with Gasteiger partial charge in [-0.15, -0.1) is 0 Å². The van der Waals surface area contributed by atoms with Gasteiger partial charge in [0.25, 0.3) is 0 Å². The standard InChI is InChI=1S/C19H3F15O3Si/c1-38(35-17-11(29)5(23)2(20)6(24)12(17)30,36-18-13(31)7(25)3(21)8(26)14(18)32)37-19-15(33)9(27)4(22)10(28)16(19)34/h1H3. The molecule has 0 fully saturated rings. The highest BCUT2D eigenvalue weighted by Crippen LogP contribution is 2.37. The summed E-state index contributed by atoms with van der Waals surface area (Å²) in [6.45, 7) is 0.0289. The number of hydrogen-bond donors (Lipinski definition) is 0. The van der Waals surface area contributed by atoms with Crippen LogP contribution >= 0.6 is 0 Å². The minimum atomic E-state index is -6.16. The van der Waals surface area contributed by atoms with Gasteiger partial charge in [0.2, 0.25) is 87.3 Å². The van der Waals surface area contributed by atoms with E-state index in [4.69, 9.17) is 0 Å². The first kappa shape index (κ1) is 28.8. The Hall–Kier alpha value is -3.77. The average Bonchev–Trinajstić information content (AvgIpc) is 2.89. The molecule has 0 aliphatic carbocycles. The fraction of sp³-hybridized carbons (Fsp3) is 0.0526. The van der Waals surface area contributed by atoms with Gasteiger partial charge in [-0.25, -0.2) is 39.5 Å². The van der Waals surface area contributed by atoms with Crippen molar-refractivity contribution >= 4 is 8.80 Å². The molecule has 3 aromatic rings. The Bertz CT molecular complexity index is 1220. The Kier molecular flexibility index (Phi) is 7.45. The normalized spacial score (nSPS) is 11.7. The fourth-order valence-electron chi connectivity index (χ4n) is 2.64. The second-order valence-corrected chi connectivity index (χ2v) is 9.20. The van der Waals surface area contributed by atoms with E-state index < -0.39 is 113 Å². The van der Waals surface area contributed by atoms with Gasteiger partial charge in [0.05, 0.1) is 0 Å². The molecule has 0 radical (unpaired) electrons. The van der Waals surface area contributed by atoms with E-state index in [0.717, 1.165) is 0 Å². The van der Waals surface area contributed by atoms with Crippen LogP contribution in [0.1, 0.15) is 0 Å². The topological polar surface area (TPSA) is 27.7 Å². The highest BCUT2D eigenvalue weighted by Gasteiger charge is 2.50. The van der Waals surface area contributed by atoms with E-state index in [1.807, 2.05) is 0 Å². The number of hydrogen-bond acceptors (Lipinski definition) is 3. The third kappa shape index (κ3) is 4.54. The molecule has 3 nitrogen and oxygen atoms in total. The zero-order valence-electron chi connectivity index (χ0n) is 17.4. The summed E-state index contributed by atoms with van der Waals surface area (Å²) in [5.41, 5.74) is 0. The molecule has 0 unspecified atom stereocenters. The molecule has 0 aromatic heterocycles. The lowest BCUT2D eigenvalue weighted by molar-refractivity contribution is 0.221. The van der Waals surface area contributed by atoms with Gasteiger partial charge in [0.1, 0.15) is 0 Å². The molecule has 0 spiro atoms. The molecule has 19 heteroatoms. The summed E-state index contributed by atoms with van der Waals surface area (Å²) in [4.78, 5) is 0. The zero-order chi connectivity index (χ0) is 29.0. The van der Waals surface area contributed by atoms with Crippen LogP contribution < -0.4 is 13.3 Å². The molecule has 0 bridgehead atoms. The first-order chi connectivity index (χ1) is 17.4. The molecule has 3 rings (SSSR count). The Balaban J connectivity index is 2.30. The molecule has 3 aromatic carbocycles. The Labute approximate surface area is 199 Å². The smallest absolute Gasteiger partial charge is 0.478 e. The van der Waals surface area contributed by atoms with Crippen molar-refractivity contribution in [2.24, 2.45) is 0 Å². The van der Waals surface area contributed by atoms with E-state index >= 15 is 0 Å². The fourth-order valence-corrected chi connectivity index (χ4v) is 4.42. The zero-order valence-corrected chi connectivity index (χ0v) is 18.4. The maximum Gasteiger partial charge on any atom is 0.696 e. The first-order valence-corrected chi connectivity index (χ1v) is 11.3. The van der Waals surface area contributed by atoms with E-state index in [1.165, 1.54) is 0 Å². The van der Waals surface area contributed by atoms with Crippen molar-refractivity contribution in [1.82, 2.24) is 0 Å². The third-order valence-corrected chi connectivity index (χ3v) is 6.10. The Morgan fingerprint density at radius 3 is 0.579 bits per heavy atom. The number of halogens is 15. The van der Waals surface area contributed by atoms with E-state index in [1.54, 1.807) is 0 Å². The molecule has 206 valence electrons. The van der Waals surface area contributed by atoms with Gasteiger partial charge in [-0.2, -0.15) is 26.3 Å². The summed E-state index contributed by atoms with van der Waals surface area (Å²) in [6, 6.07) is 0. The predicted octanol–water partition coefficient (Wildman–Crippen LogP) is 6.88. The highest BCUT2D eigenvalue weighted by molar-refractivity contribution is 6.61. The molecule has 0 N–H and O–H groups in total. The first-order valence-electron chi connectivity index (χ1n) is 9.06. The van der Waals surface area contributed by atoms with Crippen molar-refractivity contribution in [2.75, 3.05) is 0 Å². The lowest BCUT2D eigenvalue weighted by Crippen LogP contribution is -2.53. The molecule has 0 aliphatic heterocycles. The molecule has 0 heterocycles. The van der Waals surface area contributed by atoms with Crippen LogP contribution in [0, 0.1) is 87.3 Å². The molecule has 0 aliphatic rings. The minimum absolute atomic E-state index is 0.0289. The van der Waals surface area contributed by atoms with Crippen LogP contribution in [0.3, 0.4) is 0 Å². The van der Waals surface area contributed by atoms with Gasteiger partial charge < -0.3 is 13.3 Å². The van der Waals surface area contributed by atoms with Crippen molar-refractivity contribution in [1.29, 1.82) is 0 Å². The van der Waals surface area contributed by atoms with Gasteiger partial charge in [-0.3, -0.25) is 0 Å². The second-order valence-electron chi connectivity index (χ2n) is 6.87. The molecular formula is C19H3F15O3Si. The summed E-state index contributed by atoms with van der Waals surface area (Å²) in [6.07, 6.45) is 0. The Morgan fingerprint density at radius 2 is 0.421 bits per heavy atom. The number of benzene rings is 3. The van der Waals surface area contributed by atoms with Crippen LogP contribution in [0.2, 0.25) is 6.55 Å². The highest BCUT2D eigenvalue weighted by atomic mass is 28.4. The maximum absolute atomic E-state index is 14.1. The van der Waals surface area contributed by atoms with E-state index in [-0.39, 0.29) is 6.55 Å². The van der Waals surface area contributed by atoms with Gasteiger partial charge in [0.15, 0.2) is 17.2 Å². The summed E-state index contributed by atoms with van der Waals surface area (Å²) in [5.74, 6) is -49.6. The van der Waals surface area contributed by atoms with Crippen LogP contribution in [0.25, 0.3) is 0 Å². The predicted molar refractivity (Wildman–Crippen MR) is 92.2 cm³/mol. The maximum atomic E-state index is 14.1. The van der Waals surface area contributed by atoms with Crippen molar-refractivity contribution in [3.63, 3.8) is 0 Å². The van der Waals surface area contributed by atoms with Crippen LogP contribution in [-0.2, 0) is 0 Å². The van der Waals surface area contributed by atoms with Gasteiger partial charge in [0, 0.05) is 6.55 Å². The summed E-state index contributed by atoms with van der Waals surface area (Å²) >= 11 is 0. The summed E-state index contributed by atoms with van der Waals surface area (Å²) in [5, 5.41) is 0. The SMILES string of the molecule is C[Si](Oc1c(F)c(F)c(F)c(F)c1F)(Oc1c(F)c(F)c(F)c(F)c1F)Oc1c(F)c(F)c(F)c(F)c1F.